The van der Waals surface area contributed by atoms with Gasteiger partial charge in [-0.3, -0.25) is 9.79 Å². The standard InChI is InChI=1S/C19H29F2N3O4/c1-4-27-15-10-8-9-14(17(15)28-18(20)21)13-24-19(22-2)23-12-7-5-6-11-16(25)26-3/h8-10,18H,4-7,11-13H2,1-3H3,(H2,22,23,24). The number of rotatable bonds is 12. The number of methoxy groups -OCH3 is 1. The molecule has 2 N–H and O–H groups in total. The molecule has 0 saturated heterocycles. The second kappa shape index (κ2) is 13.6. The number of carbonyl (C=O) groups excluding carboxylic acids is 1. The molecule has 1 rings (SSSR count). The first-order valence-corrected chi connectivity index (χ1v) is 9.22. The van der Waals surface area contributed by atoms with Gasteiger partial charge in [-0.1, -0.05) is 18.6 Å². The minimum absolute atomic E-state index is 0.0186. The van der Waals surface area contributed by atoms with Gasteiger partial charge in [0.2, 0.25) is 0 Å². The van der Waals surface area contributed by atoms with Crippen molar-refractivity contribution in [3.63, 3.8) is 0 Å². The molecule has 1 aromatic rings. The average molecular weight is 401 g/mol. The zero-order valence-corrected chi connectivity index (χ0v) is 16.6. The summed E-state index contributed by atoms with van der Waals surface area (Å²) < 4.78 is 40.1. The predicted octanol–water partition coefficient (Wildman–Crippen LogP) is 3.09. The molecule has 0 heterocycles. The monoisotopic (exact) mass is 401 g/mol. The zero-order valence-electron chi connectivity index (χ0n) is 16.6. The number of para-hydroxylation sites is 1. The van der Waals surface area contributed by atoms with Gasteiger partial charge in [-0.15, -0.1) is 0 Å². The minimum Gasteiger partial charge on any atom is -0.490 e. The van der Waals surface area contributed by atoms with Crippen LogP contribution in [0.4, 0.5) is 8.78 Å². The molecule has 0 aliphatic heterocycles. The SMILES string of the molecule is CCOc1cccc(CNC(=NC)NCCCCCC(=O)OC)c1OC(F)F. The molecule has 0 bridgehead atoms. The molecular formula is C19H29F2N3O4. The predicted molar refractivity (Wildman–Crippen MR) is 103 cm³/mol. The van der Waals surface area contributed by atoms with E-state index in [1.807, 2.05) is 0 Å². The number of nitrogens with zero attached hydrogens (tertiary/aromatic N) is 1. The number of hydrogen-bond donors (Lipinski definition) is 2. The van der Waals surface area contributed by atoms with Crippen molar-refractivity contribution in [1.29, 1.82) is 0 Å². The fraction of sp³-hybridized carbons (Fsp3) is 0.579. The van der Waals surface area contributed by atoms with E-state index < -0.39 is 6.61 Å². The highest BCUT2D eigenvalue weighted by atomic mass is 19.3. The number of esters is 1. The quantitative estimate of drug-likeness (QED) is 0.242. The van der Waals surface area contributed by atoms with E-state index in [0.29, 0.717) is 31.1 Å². The topological polar surface area (TPSA) is 81.2 Å². The highest BCUT2D eigenvalue weighted by molar-refractivity contribution is 5.79. The maximum atomic E-state index is 12.8. The highest BCUT2D eigenvalue weighted by Gasteiger charge is 2.16. The van der Waals surface area contributed by atoms with Crippen LogP contribution in [0.5, 0.6) is 11.5 Å². The third-order valence-electron chi connectivity index (χ3n) is 3.81. The summed E-state index contributed by atoms with van der Waals surface area (Å²) in [5.74, 6) is 0.625. The molecule has 0 aliphatic carbocycles. The first kappa shape index (κ1) is 23.5. The van der Waals surface area contributed by atoms with Crippen molar-refractivity contribution in [2.45, 2.75) is 45.8 Å². The summed E-state index contributed by atoms with van der Waals surface area (Å²) in [6.07, 6.45) is 2.91. The third-order valence-corrected chi connectivity index (χ3v) is 3.81. The number of alkyl halides is 2. The number of halogens is 2. The number of carbonyl (C=O) groups is 1. The van der Waals surface area contributed by atoms with E-state index in [1.54, 1.807) is 32.2 Å². The van der Waals surface area contributed by atoms with Gasteiger partial charge in [0, 0.05) is 32.1 Å². The van der Waals surface area contributed by atoms with Crippen LogP contribution in [0.1, 0.15) is 38.2 Å². The maximum Gasteiger partial charge on any atom is 0.387 e. The zero-order chi connectivity index (χ0) is 20.8. The molecule has 158 valence electrons. The van der Waals surface area contributed by atoms with Crippen molar-refractivity contribution in [3.8, 4) is 11.5 Å². The normalized spacial score (nSPS) is 11.3. The molecule has 0 aliphatic rings. The fourth-order valence-electron chi connectivity index (χ4n) is 2.47. The molecular weight excluding hydrogens is 372 g/mol. The Morgan fingerprint density at radius 3 is 2.64 bits per heavy atom. The molecule has 1 aromatic carbocycles. The Kier molecular flexibility index (Phi) is 11.4. The van der Waals surface area contributed by atoms with Crippen LogP contribution < -0.4 is 20.1 Å². The molecule has 0 atom stereocenters. The molecule has 0 amide bonds. The van der Waals surface area contributed by atoms with Gasteiger partial charge in [-0.05, 0) is 25.8 Å². The van der Waals surface area contributed by atoms with Crippen LogP contribution in [0.3, 0.4) is 0 Å². The van der Waals surface area contributed by atoms with Gasteiger partial charge in [0.1, 0.15) is 0 Å². The van der Waals surface area contributed by atoms with Crippen molar-refractivity contribution in [2.75, 3.05) is 27.3 Å². The Morgan fingerprint density at radius 2 is 2.00 bits per heavy atom. The first-order valence-electron chi connectivity index (χ1n) is 9.22. The van der Waals surface area contributed by atoms with E-state index in [2.05, 4.69) is 25.1 Å². The van der Waals surface area contributed by atoms with Crippen molar-refractivity contribution < 1.29 is 27.8 Å². The lowest BCUT2D eigenvalue weighted by molar-refractivity contribution is -0.140. The summed E-state index contributed by atoms with van der Waals surface area (Å²) in [7, 11) is 3.00. The maximum absolute atomic E-state index is 12.8. The van der Waals surface area contributed by atoms with Gasteiger partial charge < -0.3 is 24.8 Å². The van der Waals surface area contributed by atoms with Crippen LogP contribution >= 0.6 is 0 Å². The van der Waals surface area contributed by atoms with E-state index in [9.17, 15) is 13.6 Å². The van der Waals surface area contributed by atoms with E-state index in [-0.39, 0.29) is 24.0 Å². The molecule has 0 aromatic heterocycles. The summed E-state index contributed by atoms with van der Waals surface area (Å²) in [5, 5.41) is 6.22. The van der Waals surface area contributed by atoms with E-state index >= 15 is 0 Å². The average Bonchev–Trinajstić information content (AvgIpc) is 2.68. The minimum atomic E-state index is -2.94. The largest absolute Gasteiger partial charge is 0.490 e. The molecule has 0 radical (unpaired) electrons. The summed E-state index contributed by atoms with van der Waals surface area (Å²) in [6, 6.07) is 5.00. The van der Waals surface area contributed by atoms with Gasteiger partial charge in [-0.2, -0.15) is 8.78 Å². The Hall–Kier alpha value is -2.58. The Bertz CT molecular complexity index is 627. The summed E-state index contributed by atoms with van der Waals surface area (Å²) >= 11 is 0. The van der Waals surface area contributed by atoms with Crippen molar-refractivity contribution in [1.82, 2.24) is 10.6 Å². The van der Waals surface area contributed by atoms with Crippen LogP contribution in [0, 0.1) is 0 Å². The lowest BCUT2D eigenvalue weighted by Crippen LogP contribution is -2.37. The van der Waals surface area contributed by atoms with Crippen LogP contribution in [0.2, 0.25) is 0 Å². The second-order valence-corrected chi connectivity index (χ2v) is 5.80. The number of nitrogens with one attached hydrogen (secondary N) is 2. The third kappa shape index (κ3) is 8.88. The summed E-state index contributed by atoms with van der Waals surface area (Å²) in [6.45, 7) is 0.0809. The highest BCUT2D eigenvalue weighted by Crippen LogP contribution is 2.32. The second-order valence-electron chi connectivity index (χ2n) is 5.80. The Morgan fingerprint density at radius 1 is 1.21 bits per heavy atom. The molecule has 0 unspecified atom stereocenters. The number of benzene rings is 1. The van der Waals surface area contributed by atoms with Crippen molar-refractivity contribution in [3.05, 3.63) is 23.8 Å². The Labute approximate surface area is 164 Å². The van der Waals surface area contributed by atoms with Gasteiger partial charge in [0.15, 0.2) is 17.5 Å². The molecule has 0 spiro atoms. The van der Waals surface area contributed by atoms with E-state index in [0.717, 1.165) is 19.3 Å². The number of aliphatic imine (C=N–C) groups is 1. The number of ether oxygens (including phenoxy) is 3. The van der Waals surface area contributed by atoms with Gasteiger partial charge >= 0.3 is 12.6 Å². The summed E-state index contributed by atoms with van der Waals surface area (Å²) in [4.78, 5) is 15.2. The molecule has 0 fully saturated rings. The fourth-order valence-corrected chi connectivity index (χ4v) is 2.47. The Balaban J connectivity index is 2.52. The van der Waals surface area contributed by atoms with Crippen molar-refractivity contribution in [2.24, 2.45) is 4.99 Å². The van der Waals surface area contributed by atoms with Crippen LogP contribution in [0.25, 0.3) is 0 Å². The first-order chi connectivity index (χ1) is 13.5. The van der Waals surface area contributed by atoms with Crippen LogP contribution in [-0.2, 0) is 16.1 Å². The summed E-state index contributed by atoms with van der Waals surface area (Å²) in [5.41, 5.74) is 0.535. The lowest BCUT2D eigenvalue weighted by Gasteiger charge is -2.17. The molecule has 28 heavy (non-hydrogen) atoms. The van der Waals surface area contributed by atoms with E-state index in [4.69, 9.17) is 4.74 Å². The smallest absolute Gasteiger partial charge is 0.387 e. The number of guanidine groups is 1. The number of unbranched alkanes of at least 4 members (excludes halogenated alkanes) is 2. The molecule has 7 nitrogen and oxygen atoms in total. The van der Waals surface area contributed by atoms with Gasteiger partial charge in [0.05, 0.1) is 13.7 Å². The van der Waals surface area contributed by atoms with Crippen molar-refractivity contribution >= 4 is 11.9 Å². The molecule has 9 heteroatoms. The van der Waals surface area contributed by atoms with Gasteiger partial charge in [-0.25, -0.2) is 0 Å². The van der Waals surface area contributed by atoms with Crippen LogP contribution in [-0.4, -0.2) is 45.8 Å². The molecule has 0 saturated carbocycles. The lowest BCUT2D eigenvalue weighted by atomic mass is 10.2. The van der Waals surface area contributed by atoms with Crippen LogP contribution in [0.15, 0.2) is 23.2 Å². The number of hydrogen-bond acceptors (Lipinski definition) is 5. The van der Waals surface area contributed by atoms with E-state index in [1.165, 1.54) is 7.11 Å². The van der Waals surface area contributed by atoms with Gasteiger partial charge in [0.25, 0.3) is 0 Å².